The van der Waals surface area contributed by atoms with Crippen molar-refractivity contribution in [3.63, 3.8) is 0 Å². The summed E-state index contributed by atoms with van der Waals surface area (Å²) in [5, 5.41) is 0. The summed E-state index contributed by atoms with van der Waals surface area (Å²) in [7, 11) is 0. The van der Waals surface area contributed by atoms with Gasteiger partial charge < -0.3 is 14.7 Å². The van der Waals surface area contributed by atoms with Crippen LogP contribution in [0.4, 0.5) is 5.82 Å². The van der Waals surface area contributed by atoms with Gasteiger partial charge in [0, 0.05) is 6.54 Å². The van der Waals surface area contributed by atoms with Crippen molar-refractivity contribution in [1.82, 2.24) is 9.55 Å². The van der Waals surface area contributed by atoms with Crippen molar-refractivity contribution in [2.24, 2.45) is 5.84 Å². The van der Waals surface area contributed by atoms with E-state index in [2.05, 4.69) is 17.0 Å². The van der Waals surface area contributed by atoms with Crippen LogP contribution in [0.1, 0.15) is 17.4 Å². The molecule has 0 fully saturated rings. The van der Waals surface area contributed by atoms with Gasteiger partial charge in [-0.2, -0.15) is 0 Å². The summed E-state index contributed by atoms with van der Waals surface area (Å²) in [5.74, 6) is 5.08. The predicted molar refractivity (Wildman–Crippen MR) is 56.2 cm³/mol. The smallest absolute Gasteiger partial charge is 0.358 e. The van der Waals surface area contributed by atoms with Crippen LogP contribution in [-0.2, 0) is 11.3 Å². The monoisotopic (exact) mass is 210 g/mol. The highest BCUT2D eigenvalue weighted by Gasteiger charge is 2.18. The fraction of sp³-hybridized carbons (Fsp3) is 0.333. The summed E-state index contributed by atoms with van der Waals surface area (Å²) in [6.45, 7) is 6.11. The topological polar surface area (TPSA) is 82.2 Å². The summed E-state index contributed by atoms with van der Waals surface area (Å²) in [6, 6.07) is 0. The Balaban J connectivity index is 3.03. The number of hydrogen-bond donors (Lipinski definition) is 2. The molecule has 0 spiro atoms. The molecule has 6 heteroatoms. The largest absolute Gasteiger partial charge is 0.461 e. The lowest BCUT2D eigenvalue weighted by atomic mass is 10.4. The Kier molecular flexibility index (Phi) is 3.87. The van der Waals surface area contributed by atoms with E-state index in [-0.39, 0.29) is 0 Å². The molecule has 6 nitrogen and oxygen atoms in total. The third-order valence-electron chi connectivity index (χ3n) is 1.77. The number of carbonyl (C=O) groups is 1. The van der Waals surface area contributed by atoms with E-state index in [9.17, 15) is 4.79 Å². The van der Waals surface area contributed by atoms with Crippen molar-refractivity contribution in [3.8, 4) is 0 Å². The first-order chi connectivity index (χ1) is 7.24. The van der Waals surface area contributed by atoms with Crippen LogP contribution >= 0.6 is 0 Å². The lowest BCUT2D eigenvalue weighted by Crippen LogP contribution is -2.16. The standard InChI is InChI=1S/C9H14N4O2/c1-3-5-13-6-11-8(12-10)7(13)9(14)15-4-2/h3,6,12H,1,4-5,10H2,2H3. The summed E-state index contributed by atoms with van der Waals surface area (Å²) < 4.78 is 6.50. The summed E-state index contributed by atoms with van der Waals surface area (Å²) >= 11 is 0. The van der Waals surface area contributed by atoms with Gasteiger partial charge in [-0.1, -0.05) is 6.08 Å². The highest BCUT2D eigenvalue weighted by molar-refractivity contribution is 5.92. The first-order valence-electron chi connectivity index (χ1n) is 4.54. The second kappa shape index (κ2) is 5.16. The van der Waals surface area contributed by atoms with Gasteiger partial charge in [-0.3, -0.25) is 0 Å². The number of esters is 1. The number of nitrogens with zero attached hydrogens (tertiary/aromatic N) is 2. The van der Waals surface area contributed by atoms with Crippen LogP contribution in [0.3, 0.4) is 0 Å². The molecule has 1 aromatic heterocycles. The number of nitrogens with one attached hydrogen (secondary N) is 1. The van der Waals surface area contributed by atoms with Crippen LogP contribution in [-0.4, -0.2) is 22.1 Å². The highest BCUT2D eigenvalue weighted by Crippen LogP contribution is 2.13. The van der Waals surface area contributed by atoms with Crippen molar-refractivity contribution in [2.45, 2.75) is 13.5 Å². The van der Waals surface area contributed by atoms with Gasteiger partial charge in [0.15, 0.2) is 11.5 Å². The van der Waals surface area contributed by atoms with Crippen molar-refractivity contribution >= 4 is 11.8 Å². The quantitative estimate of drug-likeness (QED) is 0.320. The summed E-state index contributed by atoms with van der Waals surface area (Å²) in [4.78, 5) is 15.5. The molecule has 1 rings (SSSR count). The minimum Gasteiger partial charge on any atom is -0.461 e. The first-order valence-corrected chi connectivity index (χ1v) is 4.54. The van der Waals surface area contributed by atoms with Gasteiger partial charge in [0.1, 0.15) is 0 Å². The van der Waals surface area contributed by atoms with E-state index in [4.69, 9.17) is 10.6 Å². The number of imidazole rings is 1. The molecule has 15 heavy (non-hydrogen) atoms. The number of carbonyl (C=O) groups excluding carboxylic acids is 1. The molecule has 82 valence electrons. The van der Waals surface area contributed by atoms with Crippen LogP contribution in [0.25, 0.3) is 0 Å². The zero-order valence-electron chi connectivity index (χ0n) is 8.56. The van der Waals surface area contributed by atoms with E-state index in [1.165, 1.54) is 6.33 Å². The van der Waals surface area contributed by atoms with Crippen molar-refractivity contribution in [3.05, 3.63) is 24.7 Å². The molecule has 1 heterocycles. The van der Waals surface area contributed by atoms with Crippen LogP contribution in [0.15, 0.2) is 19.0 Å². The Morgan fingerprint density at radius 2 is 2.60 bits per heavy atom. The zero-order chi connectivity index (χ0) is 11.3. The number of nitrogens with two attached hydrogens (primary N) is 1. The normalized spacial score (nSPS) is 9.73. The van der Waals surface area contributed by atoms with Gasteiger partial charge in [0.05, 0.1) is 12.9 Å². The maximum absolute atomic E-state index is 11.6. The molecule has 0 aliphatic heterocycles. The third-order valence-corrected chi connectivity index (χ3v) is 1.77. The molecule has 1 aromatic rings. The van der Waals surface area contributed by atoms with Crippen molar-refractivity contribution in [2.75, 3.05) is 12.0 Å². The molecular formula is C9H14N4O2. The average molecular weight is 210 g/mol. The summed E-state index contributed by atoms with van der Waals surface area (Å²) in [5.41, 5.74) is 2.65. The second-order valence-corrected chi connectivity index (χ2v) is 2.75. The zero-order valence-corrected chi connectivity index (χ0v) is 8.56. The Hall–Kier alpha value is -1.82. The molecule has 0 saturated heterocycles. The average Bonchev–Trinajstić information content (AvgIpc) is 2.62. The van der Waals surface area contributed by atoms with Gasteiger partial charge in [0.2, 0.25) is 0 Å². The molecule has 0 atom stereocenters. The Bertz CT molecular complexity index is 359. The lowest BCUT2D eigenvalue weighted by molar-refractivity contribution is 0.0515. The van der Waals surface area contributed by atoms with Gasteiger partial charge in [-0.05, 0) is 6.92 Å². The number of ether oxygens (including phenoxy) is 1. The molecule has 0 aliphatic rings. The van der Waals surface area contributed by atoms with Gasteiger partial charge in [-0.15, -0.1) is 6.58 Å². The third kappa shape index (κ3) is 2.35. The Labute approximate surface area is 87.7 Å². The fourth-order valence-corrected chi connectivity index (χ4v) is 1.18. The number of hydrogen-bond acceptors (Lipinski definition) is 5. The van der Waals surface area contributed by atoms with E-state index in [0.717, 1.165) is 0 Å². The number of rotatable bonds is 5. The van der Waals surface area contributed by atoms with Crippen molar-refractivity contribution < 1.29 is 9.53 Å². The molecule has 0 aliphatic carbocycles. The number of nitrogen functional groups attached to an aromatic ring is 1. The summed E-state index contributed by atoms with van der Waals surface area (Å²) in [6.07, 6.45) is 3.16. The SMILES string of the molecule is C=CCn1cnc(NN)c1C(=O)OCC. The maximum Gasteiger partial charge on any atom is 0.358 e. The first kappa shape index (κ1) is 11.3. The molecule has 0 saturated carbocycles. The Morgan fingerprint density at radius 3 is 3.13 bits per heavy atom. The number of hydrazine groups is 1. The molecule has 0 amide bonds. The minimum absolute atomic E-state index is 0.301. The fourth-order valence-electron chi connectivity index (χ4n) is 1.18. The van der Waals surface area contributed by atoms with Crippen LogP contribution in [0.5, 0.6) is 0 Å². The number of allylic oxidation sites excluding steroid dienone is 1. The lowest BCUT2D eigenvalue weighted by Gasteiger charge is -2.06. The maximum atomic E-state index is 11.6. The second-order valence-electron chi connectivity index (χ2n) is 2.75. The van der Waals surface area contributed by atoms with E-state index < -0.39 is 5.97 Å². The number of anilines is 1. The van der Waals surface area contributed by atoms with E-state index in [1.54, 1.807) is 17.6 Å². The highest BCUT2D eigenvalue weighted by atomic mass is 16.5. The molecule has 0 unspecified atom stereocenters. The molecule has 0 bridgehead atoms. The van der Waals surface area contributed by atoms with Crippen LogP contribution < -0.4 is 11.3 Å². The van der Waals surface area contributed by atoms with Gasteiger partial charge in [-0.25, -0.2) is 15.6 Å². The van der Waals surface area contributed by atoms with Crippen LogP contribution in [0.2, 0.25) is 0 Å². The molecule has 0 aromatic carbocycles. The van der Waals surface area contributed by atoms with E-state index in [0.29, 0.717) is 24.7 Å². The predicted octanol–water partition coefficient (Wildman–Crippen LogP) is 0.531. The van der Waals surface area contributed by atoms with Gasteiger partial charge in [0.25, 0.3) is 0 Å². The molecule has 3 N–H and O–H groups in total. The Morgan fingerprint density at radius 1 is 1.87 bits per heavy atom. The molecular weight excluding hydrogens is 196 g/mol. The van der Waals surface area contributed by atoms with Crippen LogP contribution in [0, 0.1) is 0 Å². The molecule has 0 radical (unpaired) electrons. The minimum atomic E-state index is -0.454. The number of aromatic nitrogens is 2. The van der Waals surface area contributed by atoms with E-state index in [1.807, 2.05) is 0 Å². The van der Waals surface area contributed by atoms with Gasteiger partial charge >= 0.3 is 5.97 Å². The van der Waals surface area contributed by atoms with Crippen molar-refractivity contribution in [1.29, 1.82) is 0 Å². The van der Waals surface area contributed by atoms with E-state index >= 15 is 0 Å².